The van der Waals surface area contributed by atoms with Crippen LogP contribution in [-0.2, 0) is 35.1 Å². The maximum Gasteiger partial charge on any atom is 0.408 e. The predicted octanol–water partition coefficient (Wildman–Crippen LogP) is 5.77. The van der Waals surface area contributed by atoms with E-state index in [1.807, 2.05) is 30.3 Å². The summed E-state index contributed by atoms with van der Waals surface area (Å²) in [6.07, 6.45) is 2.92. The van der Waals surface area contributed by atoms with Crippen molar-refractivity contribution >= 4 is 29.8 Å². The second-order valence-electron chi connectivity index (χ2n) is 14.8. The van der Waals surface area contributed by atoms with Gasteiger partial charge in [0, 0.05) is 24.9 Å². The number of nitrogens with one attached hydrogen (secondary N) is 2. The number of aromatic hydroxyl groups is 1. The average Bonchev–Trinajstić information content (AvgIpc) is 3.02. The number of esters is 1. The number of carbonyl (C=O) groups excluding carboxylic acids is 5. The molecule has 0 fully saturated rings. The Bertz CT molecular complexity index is 1470. The fourth-order valence-corrected chi connectivity index (χ4v) is 5.47. The summed E-state index contributed by atoms with van der Waals surface area (Å²) >= 11 is 0. The highest BCUT2D eigenvalue weighted by Gasteiger charge is 2.39. The molecule has 12 heteroatoms. The maximum atomic E-state index is 14.6. The van der Waals surface area contributed by atoms with E-state index in [0.717, 1.165) is 31.2 Å². The summed E-state index contributed by atoms with van der Waals surface area (Å²) in [4.78, 5) is 69.0. The molecule has 0 saturated carbocycles. The van der Waals surface area contributed by atoms with Crippen molar-refractivity contribution in [1.29, 1.82) is 0 Å². The van der Waals surface area contributed by atoms with Crippen molar-refractivity contribution in [2.45, 2.75) is 136 Å². The molecule has 0 aromatic heterocycles. The van der Waals surface area contributed by atoms with Crippen molar-refractivity contribution in [3.05, 3.63) is 65.2 Å². The summed E-state index contributed by atoms with van der Waals surface area (Å²) in [6.45, 7) is 14.0. The summed E-state index contributed by atoms with van der Waals surface area (Å²) in [5, 5.41) is 16.8. The van der Waals surface area contributed by atoms with E-state index in [1.54, 1.807) is 66.7 Å². The van der Waals surface area contributed by atoms with Crippen LogP contribution in [0, 0.1) is 6.92 Å². The van der Waals surface area contributed by atoms with Gasteiger partial charge in [0.2, 0.25) is 17.7 Å². The summed E-state index contributed by atoms with van der Waals surface area (Å²) in [6, 6.07) is 10.1. The zero-order valence-corrected chi connectivity index (χ0v) is 31.5. The van der Waals surface area contributed by atoms with Crippen molar-refractivity contribution in [2.75, 3.05) is 6.54 Å². The summed E-state index contributed by atoms with van der Waals surface area (Å²) in [7, 11) is 0. The number of nitrogens with two attached hydrogens (primary N) is 1. The number of nitrogens with zero attached hydrogens (tertiary/aromatic N) is 1. The molecule has 4 amide bonds. The largest absolute Gasteiger partial charge is 0.507 e. The molecule has 2 aromatic rings. The fourth-order valence-electron chi connectivity index (χ4n) is 5.47. The van der Waals surface area contributed by atoms with Crippen LogP contribution in [0.15, 0.2) is 48.5 Å². The van der Waals surface area contributed by atoms with Crippen LogP contribution in [0.1, 0.15) is 116 Å². The minimum atomic E-state index is -1.44. The lowest BCUT2D eigenvalue weighted by molar-refractivity contribution is -0.159. The molecule has 2 rings (SSSR count). The van der Waals surface area contributed by atoms with Crippen molar-refractivity contribution < 1.29 is 38.6 Å². The molecule has 3 unspecified atom stereocenters. The van der Waals surface area contributed by atoms with E-state index in [1.165, 1.54) is 4.90 Å². The van der Waals surface area contributed by atoms with Crippen LogP contribution in [0.5, 0.6) is 5.75 Å². The Kier molecular flexibility index (Phi) is 16.4. The number of hydrogen-bond acceptors (Lipinski definition) is 8. The molecule has 0 aliphatic carbocycles. The molecule has 12 nitrogen and oxygen atoms in total. The van der Waals surface area contributed by atoms with E-state index in [9.17, 15) is 29.1 Å². The van der Waals surface area contributed by atoms with Gasteiger partial charge in [-0.05, 0) is 72.4 Å². The first-order valence-electron chi connectivity index (χ1n) is 17.8. The molecule has 3 atom stereocenters. The molecule has 0 aliphatic heterocycles. The van der Waals surface area contributed by atoms with Gasteiger partial charge in [0.1, 0.15) is 35.1 Å². The van der Waals surface area contributed by atoms with Crippen LogP contribution < -0.4 is 16.4 Å². The van der Waals surface area contributed by atoms with E-state index in [2.05, 4.69) is 17.6 Å². The Labute approximate surface area is 302 Å². The Morgan fingerprint density at radius 3 is 2.04 bits per heavy atom. The number of aryl methyl sites for hydroxylation is 1. The quantitative estimate of drug-likeness (QED) is 0.111. The summed E-state index contributed by atoms with van der Waals surface area (Å²) < 4.78 is 11.1. The lowest BCUT2D eigenvalue weighted by Gasteiger charge is -2.36. The number of para-hydroxylation sites is 1. The minimum Gasteiger partial charge on any atom is -0.507 e. The molecular weight excluding hydrogens is 652 g/mol. The number of amides is 4. The molecule has 0 aliphatic rings. The molecule has 0 heterocycles. The zero-order chi connectivity index (χ0) is 38.4. The first kappa shape index (κ1) is 42.6. The first-order valence-corrected chi connectivity index (χ1v) is 17.8. The molecule has 0 bridgehead atoms. The molecular formula is C39H58N4O8. The minimum absolute atomic E-state index is 0.0624. The maximum absolute atomic E-state index is 14.6. The topological polar surface area (TPSA) is 177 Å². The highest BCUT2D eigenvalue weighted by Crippen LogP contribution is 2.33. The Morgan fingerprint density at radius 2 is 1.45 bits per heavy atom. The van der Waals surface area contributed by atoms with E-state index in [4.69, 9.17) is 15.2 Å². The van der Waals surface area contributed by atoms with E-state index >= 15 is 0 Å². The molecule has 51 heavy (non-hydrogen) atoms. The van der Waals surface area contributed by atoms with Gasteiger partial charge in [-0.25, -0.2) is 9.59 Å². The van der Waals surface area contributed by atoms with Crippen molar-refractivity contribution in [1.82, 2.24) is 15.5 Å². The number of phenolic OH excluding ortho intramolecular Hbond substituents is 1. The fraction of sp³-hybridized carbons (Fsp3) is 0.564. The number of rotatable bonds is 18. The number of phenols is 1. The normalized spacial score (nSPS) is 13.3. The number of unbranched alkanes of at least 4 members (excludes halogenated alkanes) is 4. The average molecular weight is 711 g/mol. The third-order valence-electron chi connectivity index (χ3n) is 7.87. The smallest absolute Gasteiger partial charge is 0.408 e. The molecule has 5 N–H and O–H groups in total. The number of hydrogen-bond donors (Lipinski definition) is 4. The number of benzene rings is 2. The van der Waals surface area contributed by atoms with Gasteiger partial charge >= 0.3 is 12.1 Å². The summed E-state index contributed by atoms with van der Waals surface area (Å²) in [5.41, 5.74) is 5.07. The van der Waals surface area contributed by atoms with Gasteiger partial charge in [0.05, 0.1) is 0 Å². The van der Waals surface area contributed by atoms with Crippen LogP contribution in [0.3, 0.4) is 0 Å². The van der Waals surface area contributed by atoms with Crippen LogP contribution in [-0.4, -0.2) is 69.6 Å². The van der Waals surface area contributed by atoms with E-state index in [-0.39, 0.29) is 37.1 Å². The number of ether oxygens (including phenoxy) is 2. The first-order chi connectivity index (χ1) is 23.8. The Hall–Kier alpha value is -4.61. The van der Waals surface area contributed by atoms with Crippen LogP contribution in [0.25, 0.3) is 0 Å². The van der Waals surface area contributed by atoms with Crippen molar-refractivity contribution in [2.24, 2.45) is 5.73 Å². The van der Waals surface area contributed by atoms with Crippen molar-refractivity contribution in [3.8, 4) is 5.75 Å². The SMILES string of the molecule is CCCCCCCN(C(=O)C(CCC(N)=O)NC(=O)OC(C)(C)C)C(C(=O)NC(Cc1ccccc1)C(=O)OC(C)(C)C)c1cccc(C)c1O. The second kappa shape index (κ2) is 19.7. The predicted molar refractivity (Wildman–Crippen MR) is 196 cm³/mol. The highest BCUT2D eigenvalue weighted by molar-refractivity contribution is 5.94. The monoisotopic (exact) mass is 710 g/mol. The molecule has 0 radical (unpaired) electrons. The van der Waals surface area contributed by atoms with E-state index < -0.39 is 59.1 Å². The molecule has 282 valence electrons. The second-order valence-corrected chi connectivity index (χ2v) is 14.8. The third-order valence-corrected chi connectivity index (χ3v) is 7.87. The molecule has 0 saturated heterocycles. The van der Waals surface area contributed by atoms with Crippen LogP contribution >= 0.6 is 0 Å². The van der Waals surface area contributed by atoms with Gasteiger partial charge in [-0.2, -0.15) is 0 Å². The number of primary amides is 1. The van der Waals surface area contributed by atoms with Gasteiger partial charge < -0.3 is 35.8 Å². The standard InChI is InChI=1S/C39H58N4O8/c1-9-10-11-12-16-24-43(35(47)29(22-23-31(40)44)42-37(49)51-39(6,7)8)32(28-21-17-18-26(2)33(28)45)34(46)41-30(36(48)50-38(3,4)5)25-27-19-14-13-15-20-27/h13-15,17-21,29-30,32,45H,9-12,16,22-25H2,1-8H3,(H2,40,44)(H,41,46)(H,42,49). The van der Waals surface area contributed by atoms with Crippen LogP contribution in [0.2, 0.25) is 0 Å². The summed E-state index contributed by atoms with van der Waals surface area (Å²) in [5.74, 6) is -2.98. The Balaban J connectivity index is 2.71. The van der Waals surface area contributed by atoms with Crippen molar-refractivity contribution in [3.63, 3.8) is 0 Å². The molecule has 2 aromatic carbocycles. The lowest BCUT2D eigenvalue weighted by Crippen LogP contribution is -2.55. The Morgan fingerprint density at radius 1 is 0.824 bits per heavy atom. The van der Waals surface area contributed by atoms with Gasteiger partial charge in [-0.15, -0.1) is 0 Å². The van der Waals surface area contributed by atoms with E-state index in [0.29, 0.717) is 12.0 Å². The number of alkyl carbamates (subject to hydrolysis) is 1. The zero-order valence-electron chi connectivity index (χ0n) is 31.5. The van der Waals surface area contributed by atoms with Gasteiger partial charge in [0.15, 0.2) is 0 Å². The number of carbonyl (C=O) groups is 5. The van der Waals surface area contributed by atoms with Gasteiger partial charge in [-0.1, -0.05) is 81.1 Å². The lowest BCUT2D eigenvalue weighted by atomic mass is 9.97. The highest BCUT2D eigenvalue weighted by atomic mass is 16.6. The van der Waals surface area contributed by atoms with Crippen LogP contribution in [0.4, 0.5) is 4.79 Å². The van der Waals surface area contributed by atoms with Gasteiger partial charge in [-0.3, -0.25) is 14.4 Å². The third kappa shape index (κ3) is 15.0. The van der Waals surface area contributed by atoms with Gasteiger partial charge in [0.25, 0.3) is 0 Å². The molecule has 0 spiro atoms.